The van der Waals surface area contributed by atoms with Gasteiger partial charge in [0.15, 0.2) is 0 Å². The normalized spacial score (nSPS) is 11.8. The highest BCUT2D eigenvalue weighted by Gasteiger charge is 2.33. The molecule has 0 aromatic heterocycles. The van der Waals surface area contributed by atoms with Crippen LogP contribution in [0.4, 0.5) is 0 Å². The first kappa shape index (κ1) is 17.4. The molecule has 25 heavy (non-hydrogen) atoms. The van der Waals surface area contributed by atoms with Crippen LogP contribution in [0.25, 0.3) is 0 Å². The Morgan fingerprint density at radius 2 is 0.920 bits per heavy atom. The van der Waals surface area contributed by atoms with Crippen molar-refractivity contribution in [2.75, 3.05) is 0 Å². The van der Waals surface area contributed by atoms with Crippen molar-refractivity contribution in [2.24, 2.45) is 0 Å². The van der Waals surface area contributed by atoms with Gasteiger partial charge in [0.05, 0.1) is 0 Å². The van der Waals surface area contributed by atoms with Crippen LogP contribution in [0, 0.1) is 13.8 Å². The average Bonchev–Trinajstić information content (AvgIpc) is 2.62. The standard InChI is InChI=1S/C24H26O/c1-17(2)20-9-15-23(16-10-20)24(25,21-11-5-18(3)6-12-21)22-13-7-19(4)8-14-22/h5-17,25H,1-4H3. The monoisotopic (exact) mass is 330 g/mol. The molecule has 0 fully saturated rings. The first-order chi connectivity index (χ1) is 11.9. The van der Waals surface area contributed by atoms with Crippen molar-refractivity contribution >= 4 is 0 Å². The second-order valence-electron chi connectivity index (χ2n) is 7.22. The number of benzene rings is 3. The molecule has 0 bridgehead atoms. The summed E-state index contributed by atoms with van der Waals surface area (Å²) in [5.41, 5.74) is 5.16. The summed E-state index contributed by atoms with van der Waals surface area (Å²) >= 11 is 0. The maximum Gasteiger partial charge on any atom is 0.140 e. The van der Waals surface area contributed by atoms with Crippen molar-refractivity contribution in [2.45, 2.75) is 39.2 Å². The lowest BCUT2D eigenvalue weighted by Gasteiger charge is -2.30. The topological polar surface area (TPSA) is 20.2 Å². The molecule has 0 aliphatic heterocycles. The average molecular weight is 330 g/mol. The molecule has 0 amide bonds. The van der Waals surface area contributed by atoms with Gasteiger partial charge in [0.25, 0.3) is 0 Å². The van der Waals surface area contributed by atoms with Gasteiger partial charge in [-0.15, -0.1) is 0 Å². The van der Waals surface area contributed by atoms with Gasteiger partial charge >= 0.3 is 0 Å². The maximum atomic E-state index is 11.8. The first-order valence-electron chi connectivity index (χ1n) is 8.88. The van der Waals surface area contributed by atoms with Crippen molar-refractivity contribution in [1.82, 2.24) is 0 Å². The summed E-state index contributed by atoms with van der Waals surface area (Å²) < 4.78 is 0. The van der Waals surface area contributed by atoms with E-state index in [1.54, 1.807) is 0 Å². The Labute approximate surface area is 151 Å². The Balaban J connectivity index is 2.17. The third-order valence-electron chi connectivity index (χ3n) is 4.93. The quantitative estimate of drug-likeness (QED) is 0.607. The van der Waals surface area contributed by atoms with Gasteiger partial charge < -0.3 is 5.11 Å². The molecule has 0 unspecified atom stereocenters. The summed E-state index contributed by atoms with van der Waals surface area (Å²) in [5, 5.41) is 11.8. The molecular weight excluding hydrogens is 304 g/mol. The van der Waals surface area contributed by atoms with Crippen LogP contribution in [0.1, 0.15) is 53.1 Å². The second-order valence-corrected chi connectivity index (χ2v) is 7.22. The smallest absolute Gasteiger partial charge is 0.140 e. The van der Waals surface area contributed by atoms with E-state index < -0.39 is 5.60 Å². The van der Waals surface area contributed by atoms with E-state index in [1.807, 2.05) is 24.3 Å². The lowest BCUT2D eigenvalue weighted by atomic mass is 9.79. The zero-order valence-corrected chi connectivity index (χ0v) is 15.5. The van der Waals surface area contributed by atoms with Crippen molar-refractivity contribution in [3.8, 4) is 0 Å². The molecule has 1 heteroatoms. The van der Waals surface area contributed by atoms with Crippen LogP contribution in [0.3, 0.4) is 0 Å². The summed E-state index contributed by atoms with van der Waals surface area (Å²) in [6.45, 7) is 8.49. The van der Waals surface area contributed by atoms with Gasteiger partial charge in [-0.1, -0.05) is 97.8 Å². The van der Waals surface area contributed by atoms with Crippen LogP contribution in [0.15, 0.2) is 72.8 Å². The van der Waals surface area contributed by atoms with Gasteiger partial charge in [0, 0.05) is 0 Å². The highest BCUT2D eigenvalue weighted by Crippen LogP contribution is 2.37. The summed E-state index contributed by atoms with van der Waals surface area (Å²) in [5.74, 6) is 0.473. The maximum absolute atomic E-state index is 11.8. The number of hydrogen-bond donors (Lipinski definition) is 1. The van der Waals surface area contributed by atoms with Crippen LogP contribution < -0.4 is 0 Å². The van der Waals surface area contributed by atoms with E-state index in [-0.39, 0.29) is 0 Å². The van der Waals surface area contributed by atoms with Crippen molar-refractivity contribution in [3.05, 3.63) is 106 Å². The molecule has 0 atom stereocenters. The molecule has 0 saturated heterocycles. The zero-order chi connectivity index (χ0) is 18.0. The van der Waals surface area contributed by atoms with Crippen LogP contribution in [0.5, 0.6) is 0 Å². The highest BCUT2D eigenvalue weighted by molar-refractivity contribution is 5.48. The Morgan fingerprint density at radius 3 is 1.24 bits per heavy atom. The fourth-order valence-corrected chi connectivity index (χ4v) is 3.20. The molecule has 0 aliphatic rings. The fraction of sp³-hybridized carbons (Fsp3) is 0.250. The third kappa shape index (κ3) is 3.38. The molecule has 1 nitrogen and oxygen atoms in total. The van der Waals surface area contributed by atoms with Gasteiger partial charge in [-0.3, -0.25) is 0 Å². The van der Waals surface area contributed by atoms with Crippen molar-refractivity contribution in [1.29, 1.82) is 0 Å². The Kier molecular flexibility index (Phi) is 4.78. The van der Waals surface area contributed by atoms with E-state index in [0.29, 0.717) is 5.92 Å². The van der Waals surface area contributed by atoms with E-state index in [0.717, 1.165) is 16.7 Å². The predicted octanol–water partition coefficient (Wildman–Crippen LogP) is 5.71. The largest absolute Gasteiger partial charge is 0.376 e. The number of rotatable bonds is 4. The molecule has 3 rings (SSSR count). The van der Waals surface area contributed by atoms with Crippen molar-refractivity contribution < 1.29 is 5.11 Å². The van der Waals surface area contributed by atoms with Crippen LogP contribution in [0.2, 0.25) is 0 Å². The van der Waals surface area contributed by atoms with Gasteiger partial charge in [-0.25, -0.2) is 0 Å². The van der Waals surface area contributed by atoms with Gasteiger partial charge in [-0.05, 0) is 42.0 Å². The molecule has 1 N–H and O–H groups in total. The Hall–Kier alpha value is -2.38. The summed E-state index contributed by atoms with van der Waals surface area (Å²) in [4.78, 5) is 0. The third-order valence-corrected chi connectivity index (χ3v) is 4.93. The van der Waals surface area contributed by atoms with Crippen molar-refractivity contribution in [3.63, 3.8) is 0 Å². The van der Waals surface area contributed by atoms with Gasteiger partial charge in [0.2, 0.25) is 0 Å². The lowest BCUT2D eigenvalue weighted by Crippen LogP contribution is -2.28. The Bertz CT molecular complexity index is 779. The molecule has 128 valence electrons. The molecule has 3 aromatic carbocycles. The summed E-state index contributed by atoms with van der Waals surface area (Å²) in [6, 6.07) is 24.6. The van der Waals surface area contributed by atoms with Crippen LogP contribution in [-0.2, 0) is 5.60 Å². The predicted molar refractivity (Wildman–Crippen MR) is 105 cm³/mol. The van der Waals surface area contributed by atoms with Crippen LogP contribution in [-0.4, -0.2) is 5.11 Å². The van der Waals surface area contributed by atoms with Gasteiger partial charge in [0.1, 0.15) is 5.60 Å². The Morgan fingerprint density at radius 1 is 0.600 bits per heavy atom. The summed E-state index contributed by atoms with van der Waals surface area (Å²) in [6.07, 6.45) is 0. The fourth-order valence-electron chi connectivity index (χ4n) is 3.20. The van der Waals surface area contributed by atoms with E-state index in [9.17, 15) is 5.11 Å². The minimum absolute atomic E-state index is 0.473. The minimum Gasteiger partial charge on any atom is -0.376 e. The molecule has 0 aliphatic carbocycles. The van der Waals surface area contributed by atoms with E-state index in [1.165, 1.54) is 16.7 Å². The highest BCUT2D eigenvalue weighted by atomic mass is 16.3. The molecule has 0 saturated carbocycles. The molecule has 0 spiro atoms. The summed E-state index contributed by atoms with van der Waals surface area (Å²) in [7, 11) is 0. The molecule has 0 heterocycles. The lowest BCUT2D eigenvalue weighted by molar-refractivity contribution is 0.125. The van der Waals surface area contributed by atoms with E-state index >= 15 is 0 Å². The number of hydrogen-bond acceptors (Lipinski definition) is 1. The minimum atomic E-state index is -1.16. The van der Waals surface area contributed by atoms with Gasteiger partial charge in [-0.2, -0.15) is 0 Å². The molecule has 3 aromatic rings. The molecule has 0 radical (unpaired) electrons. The first-order valence-corrected chi connectivity index (χ1v) is 8.88. The number of aliphatic hydroxyl groups is 1. The SMILES string of the molecule is Cc1ccc(C(O)(c2ccc(C)cc2)c2ccc(C(C)C)cc2)cc1. The van der Waals surface area contributed by atoms with Crippen LogP contribution >= 0.6 is 0 Å². The molecular formula is C24H26O. The van der Waals surface area contributed by atoms with E-state index in [4.69, 9.17) is 0 Å². The zero-order valence-electron chi connectivity index (χ0n) is 15.5. The van der Waals surface area contributed by atoms with E-state index in [2.05, 4.69) is 76.2 Å². The number of aryl methyl sites for hydroxylation is 2. The second kappa shape index (κ2) is 6.85.